The number of fused-ring (bicyclic) bond motifs is 1. The zero-order valence-electron chi connectivity index (χ0n) is 18.3. The van der Waals surface area contributed by atoms with Crippen LogP contribution in [0.3, 0.4) is 0 Å². The van der Waals surface area contributed by atoms with E-state index >= 15 is 0 Å². The average molecular weight is 424 g/mol. The summed E-state index contributed by atoms with van der Waals surface area (Å²) in [6.07, 6.45) is 1.69. The molecule has 0 saturated heterocycles. The van der Waals surface area contributed by atoms with Crippen molar-refractivity contribution in [2.24, 2.45) is 0 Å². The third-order valence-electron chi connectivity index (χ3n) is 5.63. The summed E-state index contributed by atoms with van der Waals surface area (Å²) < 4.78 is 8.04. The van der Waals surface area contributed by atoms with Crippen LogP contribution in [0.25, 0.3) is 22.0 Å². The first kappa shape index (κ1) is 21.2. The van der Waals surface area contributed by atoms with Gasteiger partial charge in [-0.25, -0.2) is 4.79 Å². The Balaban J connectivity index is 1.82. The van der Waals surface area contributed by atoms with Crippen molar-refractivity contribution in [3.05, 3.63) is 90.1 Å². The fourth-order valence-corrected chi connectivity index (χ4v) is 3.91. The molecule has 0 saturated carbocycles. The highest BCUT2D eigenvalue weighted by molar-refractivity contribution is 5.99. The Morgan fingerprint density at radius 1 is 0.969 bits per heavy atom. The molecule has 0 bridgehead atoms. The number of benzene rings is 3. The maximum Gasteiger partial charge on any atom is 0.415 e. The smallest absolute Gasteiger partial charge is 0.410 e. The standard InChI is InChI=1S/C27H25N3O2/c1-3-29(4-2)27(31)32-25-15-14-24-23(26(25)22-12-10-20(18-28)11-13-22)16-17-30(24)19-21-8-6-5-7-9-21/h5-17H,3-4,19H2,1-2H3. The van der Waals surface area contributed by atoms with Gasteiger partial charge < -0.3 is 14.2 Å². The molecule has 0 aliphatic heterocycles. The van der Waals surface area contributed by atoms with Gasteiger partial charge >= 0.3 is 6.09 Å². The van der Waals surface area contributed by atoms with E-state index in [-0.39, 0.29) is 6.09 Å². The summed E-state index contributed by atoms with van der Waals surface area (Å²) >= 11 is 0. The van der Waals surface area contributed by atoms with E-state index in [0.29, 0.717) is 24.4 Å². The molecule has 0 atom stereocenters. The molecule has 5 heteroatoms. The molecule has 0 radical (unpaired) electrons. The second-order valence-electron chi connectivity index (χ2n) is 7.53. The normalized spacial score (nSPS) is 10.7. The van der Waals surface area contributed by atoms with Gasteiger partial charge in [0.1, 0.15) is 5.75 Å². The number of hydrogen-bond acceptors (Lipinski definition) is 3. The summed E-state index contributed by atoms with van der Waals surface area (Å²) in [4.78, 5) is 14.3. The largest absolute Gasteiger partial charge is 0.415 e. The first-order chi connectivity index (χ1) is 15.6. The molecule has 3 aromatic carbocycles. The van der Waals surface area contributed by atoms with Crippen LogP contribution in [0.15, 0.2) is 79.0 Å². The van der Waals surface area contributed by atoms with Crippen LogP contribution in [0.4, 0.5) is 4.79 Å². The van der Waals surface area contributed by atoms with Gasteiger partial charge in [-0.3, -0.25) is 0 Å². The van der Waals surface area contributed by atoms with Crippen LogP contribution in [0, 0.1) is 11.3 Å². The minimum absolute atomic E-state index is 0.368. The molecule has 0 unspecified atom stereocenters. The monoisotopic (exact) mass is 423 g/mol. The molecular weight excluding hydrogens is 398 g/mol. The first-order valence-electron chi connectivity index (χ1n) is 10.8. The van der Waals surface area contributed by atoms with Crippen molar-refractivity contribution in [3.8, 4) is 22.9 Å². The summed E-state index contributed by atoms with van der Waals surface area (Å²) in [6, 6.07) is 25.7. The maximum atomic E-state index is 12.7. The minimum atomic E-state index is -0.368. The molecule has 0 fully saturated rings. The molecular formula is C27H25N3O2. The maximum absolute atomic E-state index is 12.7. The van der Waals surface area contributed by atoms with Crippen molar-refractivity contribution < 1.29 is 9.53 Å². The van der Waals surface area contributed by atoms with Crippen LogP contribution in [0.5, 0.6) is 5.75 Å². The number of nitriles is 1. The van der Waals surface area contributed by atoms with Crippen molar-refractivity contribution in [2.75, 3.05) is 13.1 Å². The summed E-state index contributed by atoms with van der Waals surface area (Å²) in [7, 11) is 0. The Morgan fingerprint density at radius 2 is 1.69 bits per heavy atom. The third kappa shape index (κ3) is 4.21. The second kappa shape index (κ2) is 9.40. The summed E-state index contributed by atoms with van der Waals surface area (Å²) in [5, 5.41) is 10.2. The molecule has 4 rings (SSSR count). The highest BCUT2D eigenvalue weighted by atomic mass is 16.6. The molecule has 0 N–H and O–H groups in total. The van der Waals surface area contributed by atoms with E-state index in [1.807, 2.05) is 56.3 Å². The van der Waals surface area contributed by atoms with Crippen molar-refractivity contribution in [1.82, 2.24) is 9.47 Å². The molecule has 0 aliphatic rings. The molecule has 5 nitrogen and oxygen atoms in total. The Bertz CT molecular complexity index is 1260. The van der Waals surface area contributed by atoms with Gasteiger partial charge in [-0.1, -0.05) is 42.5 Å². The van der Waals surface area contributed by atoms with Crippen LogP contribution in [-0.2, 0) is 6.54 Å². The highest BCUT2D eigenvalue weighted by Gasteiger charge is 2.19. The van der Waals surface area contributed by atoms with E-state index in [1.54, 1.807) is 17.0 Å². The van der Waals surface area contributed by atoms with Crippen molar-refractivity contribution in [2.45, 2.75) is 20.4 Å². The number of rotatable bonds is 6. The van der Waals surface area contributed by atoms with Crippen molar-refractivity contribution in [1.29, 1.82) is 5.26 Å². The van der Waals surface area contributed by atoms with Crippen LogP contribution in [-0.4, -0.2) is 28.6 Å². The van der Waals surface area contributed by atoms with E-state index in [2.05, 4.69) is 35.0 Å². The number of ether oxygens (including phenoxy) is 1. The fourth-order valence-electron chi connectivity index (χ4n) is 3.91. The van der Waals surface area contributed by atoms with E-state index < -0.39 is 0 Å². The van der Waals surface area contributed by atoms with Crippen LogP contribution < -0.4 is 4.74 Å². The van der Waals surface area contributed by atoms with Gasteiger partial charge in [-0.15, -0.1) is 0 Å². The number of nitrogens with zero attached hydrogens (tertiary/aromatic N) is 3. The Morgan fingerprint density at radius 3 is 2.34 bits per heavy atom. The van der Waals surface area contributed by atoms with Gasteiger partial charge in [-0.2, -0.15) is 5.26 Å². The van der Waals surface area contributed by atoms with Gasteiger partial charge in [0.05, 0.1) is 11.6 Å². The Kier molecular flexibility index (Phi) is 6.23. The van der Waals surface area contributed by atoms with Crippen LogP contribution in [0.1, 0.15) is 25.0 Å². The number of amides is 1. The molecule has 1 amide bonds. The highest BCUT2D eigenvalue weighted by Crippen LogP contribution is 2.38. The van der Waals surface area contributed by atoms with Gasteiger partial charge in [0.25, 0.3) is 0 Å². The Hall–Kier alpha value is -4.04. The summed E-state index contributed by atoms with van der Waals surface area (Å²) in [5.41, 5.74) is 4.59. The van der Waals surface area contributed by atoms with E-state index in [1.165, 1.54) is 5.56 Å². The van der Waals surface area contributed by atoms with Crippen LogP contribution in [0.2, 0.25) is 0 Å². The molecule has 0 spiro atoms. The minimum Gasteiger partial charge on any atom is -0.410 e. The number of carbonyl (C=O) groups is 1. The average Bonchev–Trinajstić information content (AvgIpc) is 3.23. The van der Waals surface area contributed by atoms with Gasteiger partial charge in [0.2, 0.25) is 0 Å². The van der Waals surface area contributed by atoms with Crippen LogP contribution >= 0.6 is 0 Å². The molecule has 4 aromatic rings. The molecule has 1 aromatic heterocycles. The molecule has 1 heterocycles. The van der Waals surface area contributed by atoms with Crippen molar-refractivity contribution >= 4 is 17.0 Å². The lowest BCUT2D eigenvalue weighted by Gasteiger charge is -2.20. The molecule has 160 valence electrons. The SMILES string of the molecule is CCN(CC)C(=O)Oc1ccc2c(ccn2Cc2ccccc2)c1-c1ccc(C#N)cc1. The predicted octanol–water partition coefficient (Wildman–Crippen LogP) is 6.07. The molecule has 32 heavy (non-hydrogen) atoms. The number of hydrogen-bond donors (Lipinski definition) is 0. The van der Waals surface area contributed by atoms with Gasteiger partial charge in [0.15, 0.2) is 0 Å². The lowest BCUT2D eigenvalue weighted by molar-refractivity contribution is 0.157. The lowest BCUT2D eigenvalue weighted by Crippen LogP contribution is -2.33. The predicted molar refractivity (Wildman–Crippen MR) is 127 cm³/mol. The topological polar surface area (TPSA) is 58.3 Å². The number of aromatic nitrogens is 1. The third-order valence-corrected chi connectivity index (χ3v) is 5.63. The zero-order valence-corrected chi connectivity index (χ0v) is 18.3. The first-order valence-corrected chi connectivity index (χ1v) is 10.8. The zero-order chi connectivity index (χ0) is 22.5. The van der Waals surface area contributed by atoms with E-state index in [0.717, 1.165) is 28.6 Å². The molecule has 0 aliphatic carbocycles. The van der Waals surface area contributed by atoms with E-state index in [4.69, 9.17) is 4.74 Å². The quantitative estimate of drug-likeness (QED) is 0.378. The Labute approximate surface area is 188 Å². The van der Waals surface area contributed by atoms with Crippen molar-refractivity contribution in [3.63, 3.8) is 0 Å². The summed E-state index contributed by atoms with van der Waals surface area (Å²) in [5.74, 6) is 0.511. The van der Waals surface area contributed by atoms with Gasteiger partial charge in [-0.05, 0) is 55.3 Å². The number of carbonyl (C=O) groups excluding carboxylic acids is 1. The van der Waals surface area contributed by atoms with Gasteiger partial charge in [0, 0.05) is 42.3 Å². The van der Waals surface area contributed by atoms with E-state index in [9.17, 15) is 10.1 Å². The fraction of sp³-hybridized carbons (Fsp3) is 0.185. The second-order valence-corrected chi connectivity index (χ2v) is 7.53. The summed E-state index contributed by atoms with van der Waals surface area (Å²) in [6.45, 7) is 5.77. The lowest BCUT2D eigenvalue weighted by atomic mass is 9.99.